The zero-order valence-corrected chi connectivity index (χ0v) is 11.5. The minimum absolute atomic E-state index is 0.0107. The van der Waals surface area contributed by atoms with Crippen LogP contribution in [0.4, 0.5) is 0 Å². The van der Waals surface area contributed by atoms with E-state index in [9.17, 15) is 9.59 Å². The summed E-state index contributed by atoms with van der Waals surface area (Å²) in [5.41, 5.74) is -0.233. The van der Waals surface area contributed by atoms with Crippen LogP contribution in [0.2, 0.25) is 0 Å². The standard InChI is InChI=1S/C14H24N2O2/c1-3-11-12(17)15-9-10-16(11)13(18)14(2)7-5-4-6-8-14/h11H,3-10H2,1-2H3,(H,15,17). The number of rotatable bonds is 2. The predicted octanol–water partition coefficient (Wildman–Crippen LogP) is 1.69. The van der Waals surface area contributed by atoms with Crippen LogP contribution in [0.25, 0.3) is 0 Å². The van der Waals surface area contributed by atoms with Gasteiger partial charge in [-0.05, 0) is 19.3 Å². The largest absolute Gasteiger partial charge is 0.353 e. The van der Waals surface area contributed by atoms with Gasteiger partial charge in [0.05, 0.1) is 0 Å². The molecule has 1 aliphatic carbocycles. The molecular formula is C14H24N2O2. The number of carbonyl (C=O) groups excluding carboxylic acids is 2. The highest BCUT2D eigenvalue weighted by molar-refractivity contribution is 5.91. The fourth-order valence-electron chi connectivity index (χ4n) is 3.26. The Balaban J connectivity index is 2.13. The predicted molar refractivity (Wildman–Crippen MR) is 70.0 cm³/mol. The number of piperazine rings is 1. The van der Waals surface area contributed by atoms with Crippen molar-refractivity contribution in [2.45, 2.75) is 58.4 Å². The Morgan fingerprint density at radius 1 is 1.39 bits per heavy atom. The Bertz CT molecular complexity index is 335. The highest BCUT2D eigenvalue weighted by Gasteiger charge is 2.42. The number of nitrogens with one attached hydrogen (secondary N) is 1. The Hall–Kier alpha value is -1.06. The van der Waals surface area contributed by atoms with Crippen LogP contribution in [0, 0.1) is 5.41 Å². The van der Waals surface area contributed by atoms with Gasteiger partial charge in [-0.1, -0.05) is 33.1 Å². The SMILES string of the molecule is CCC1C(=O)NCCN1C(=O)C1(C)CCCCC1. The number of hydrogen-bond donors (Lipinski definition) is 1. The lowest BCUT2D eigenvalue weighted by Gasteiger charge is -2.42. The van der Waals surface area contributed by atoms with Crippen LogP contribution in [0.3, 0.4) is 0 Å². The highest BCUT2D eigenvalue weighted by Crippen LogP contribution is 2.38. The van der Waals surface area contributed by atoms with E-state index in [1.54, 1.807) is 0 Å². The molecule has 4 nitrogen and oxygen atoms in total. The number of carbonyl (C=O) groups is 2. The number of nitrogens with zero attached hydrogens (tertiary/aromatic N) is 1. The lowest BCUT2D eigenvalue weighted by atomic mass is 9.74. The van der Waals surface area contributed by atoms with Gasteiger partial charge in [-0.3, -0.25) is 9.59 Å². The van der Waals surface area contributed by atoms with Crippen molar-refractivity contribution in [2.75, 3.05) is 13.1 Å². The Morgan fingerprint density at radius 3 is 2.67 bits per heavy atom. The first-order chi connectivity index (χ1) is 8.58. The Kier molecular flexibility index (Phi) is 3.93. The molecule has 1 aliphatic heterocycles. The minimum Gasteiger partial charge on any atom is -0.353 e. The molecule has 1 saturated carbocycles. The summed E-state index contributed by atoms with van der Waals surface area (Å²) >= 11 is 0. The van der Waals surface area contributed by atoms with Crippen molar-refractivity contribution >= 4 is 11.8 Å². The van der Waals surface area contributed by atoms with Gasteiger partial charge in [0.15, 0.2) is 0 Å². The van der Waals surface area contributed by atoms with Gasteiger partial charge < -0.3 is 10.2 Å². The van der Waals surface area contributed by atoms with E-state index in [0.717, 1.165) is 25.7 Å². The van der Waals surface area contributed by atoms with E-state index in [2.05, 4.69) is 12.2 Å². The second kappa shape index (κ2) is 5.29. The van der Waals surface area contributed by atoms with Crippen molar-refractivity contribution in [2.24, 2.45) is 5.41 Å². The van der Waals surface area contributed by atoms with Crippen molar-refractivity contribution < 1.29 is 9.59 Å². The average Bonchev–Trinajstić information content (AvgIpc) is 2.38. The van der Waals surface area contributed by atoms with E-state index in [-0.39, 0.29) is 23.3 Å². The first-order valence-electron chi connectivity index (χ1n) is 7.17. The molecule has 0 spiro atoms. The second-order valence-corrected chi connectivity index (χ2v) is 5.83. The van der Waals surface area contributed by atoms with Gasteiger partial charge in [-0.25, -0.2) is 0 Å². The van der Waals surface area contributed by atoms with Gasteiger partial charge in [0.25, 0.3) is 0 Å². The third kappa shape index (κ3) is 2.38. The summed E-state index contributed by atoms with van der Waals surface area (Å²) in [6.07, 6.45) is 6.16. The Morgan fingerprint density at radius 2 is 2.06 bits per heavy atom. The first kappa shape index (κ1) is 13.4. The molecule has 2 fully saturated rings. The molecule has 0 aromatic carbocycles. The van der Waals surface area contributed by atoms with Gasteiger partial charge in [0.2, 0.25) is 11.8 Å². The molecule has 1 atom stereocenters. The molecular weight excluding hydrogens is 228 g/mol. The van der Waals surface area contributed by atoms with E-state index in [4.69, 9.17) is 0 Å². The van der Waals surface area contributed by atoms with E-state index in [1.165, 1.54) is 6.42 Å². The van der Waals surface area contributed by atoms with E-state index in [0.29, 0.717) is 19.5 Å². The fourth-order valence-corrected chi connectivity index (χ4v) is 3.26. The molecule has 2 amide bonds. The highest BCUT2D eigenvalue weighted by atomic mass is 16.2. The van der Waals surface area contributed by atoms with Crippen LogP contribution in [-0.2, 0) is 9.59 Å². The smallest absolute Gasteiger partial charge is 0.242 e. The van der Waals surface area contributed by atoms with Crippen molar-refractivity contribution in [1.29, 1.82) is 0 Å². The number of hydrogen-bond acceptors (Lipinski definition) is 2. The third-order valence-corrected chi connectivity index (χ3v) is 4.45. The van der Waals surface area contributed by atoms with Crippen LogP contribution in [0.1, 0.15) is 52.4 Å². The summed E-state index contributed by atoms with van der Waals surface area (Å²) in [6, 6.07) is -0.259. The fraction of sp³-hybridized carbons (Fsp3) is 0.857. The molecule has 18 heavy (non-hydrogen) atoms. The summed E-state index contributed by atoms with van der Waals surface area (Å²) in [5.74, 6) is 0.209. The molecule has 1 heterocycles. The van der Waals surface area contributed by atoms with Crippen LogP contribution in [0.5, 0.6) is 0 Å². The molecule has 1 saturated heterocycles. The Labute approximate surface area is 109 Å². The van der Waals surface area contributed by atoms with Crippen molar-refractivity contribution in [3.8, 4) is 0 Å². The van der Waals surface area contributed by atoms with Crippen molar-refractivity contribution in [1.82, 2.24) is 10.2 Å². The third-order valence-electron chi connectivity index (χ3n) is 4.45. The van der Waals surface area contributed by atoms with Crippen LogP contribution < -0.4 is 5.32 Å². The summed E-state index contributed by atoms with van der Waals surface area (Å²) in [4.78, 5) is 26.4. The maximum Gasteiger partial charge on any atom is 0.242 e. The lowest BCUT2D eigenvalue weighted by molar-refractivity contribution is -0.152. The lowest BCUT2D eigenvalue weighted by Crippen LogP contribution is -2.59. The molecule has 2 aliphatic rings. The molecule has 0 radical (unpaired) electrons. The van der Waals surface area contributed by atoms with Gasteiger partial charge in [-0.15, -0.1) is 0 Å². The van der Waals surface area contributed by atoms with Crippen LogP contribution in [0.15, 0.2) is 0 Å². The quantitative estimate of drug-likeness (QED) is 0.813. The summed E-state index contributed by atoms with van der Waals surface area (Å²) in [5, 5.41) is 2.85. The zero-order valence-electron chi connectivity index (χ0n) is 11.5. The topological polar surface area (TPSA) is 49.4 Å². The van der Waals surface area contributed by atoms with Gasteiger partial charge in [-0.2, -0.15) is 0 Å². The molecule has 4 heteroatoms. The number of amides is 2. The van der Waals surface area contributed by atoms with E-state index < -0.39 is 0 Å². The van der Waals surface area contributed by atoms with Crippen LogP contribution >= 0.6 is 0 Å². The molecule has 102 valence electrons. The molecule has 1 N–H and O–H groups in total. The monoisotopic (exact) mass is 252 g/mol. The van der Waals surface area contributed by atoms with E-state index >= 15 is 0 Å². The molecule has 1 unspecified atom stereocenters. The summed E-state index contributed by atoms with van der Waals surface area (Å²) < 4.78 is 0. The van der Waals surface area contributed by atoms with Gasteiger partial charge >= 0.3 is 0 Å². The molecule has 0 aromatic rings. The molecule has 0 bridgehead atoms. The maximum atomic E-state index is 12.7. The van der Waals surface area contributed by atoms with Gasteiger partial charge in [0, 0.05) is 18.5 Å². The molecule has 0 aromatic heterocycles. The first-order valence-corrected chi connectivity index (χ1v) is 7.17. The normalized spacial score (nSPS) is 27.8. The van der Waals surface area contributed by atoms with E-state index in [1.807, 2.05) is 11.8 Å². The van der Waals surface area contributed by atoms with Crippen molar-refractivity contribution in [3.05, 3.63) is 0 Å². The summed E-state index contributed by atoms with van der Waals surface area (Å²) in [6.45, 7) is 5.31. The maximum absolute atomic E-state index is 12.7. The second-order valence-electron chi connectivity index (χ2n) is 5.83. The van der Waals surface area contributed by atoms with Crippen LogP contribution in [-0.4, -0.2) is 35.8 Å². The average molecular weight is 252 g/mol. The summed E-state index contributed by atoms with van der Waals surface area (Å²) in [7, 11) is 0. The minimum atomic E-state index is -0.259. The van der Waals surface area contributed by atoms with Gasteiger partial charge in [0.1, 0.15) is 6.04 Å². The zero-order chi connectivity index (χ0) is 13.2. The van der Waals surface area contributed by atoms with Crippen molar-refractivity contribution in [3.63, 3.8) is 0 Å². The molecule has 2 rings (SSSR count).